The van der Waals surface area contributed by atoms with Crippen molar-refractivity contribution in [3.63, 3.8) is 0 Å². The molecule has 1 amide bonds. The second-order valence-electron chi connectivity index (χ2n) is 5.44. The minimum atomic E-state index is -0.445. The van der Waals surface area contributed by atoms with Crippen LogP contribution in [0.5, 0.6) is 0 Å². The van der Waals surface area contributed by atoms with Crippen LogP contribution in [-0.2, 0) is 16.0 Å². The van der Waals surface area contributed by atoms with Gasteiger partial charge in [-0.1, -0.05) is 25.5 Å². The van der Waals surface area contributed by atoms with Crippen molar-refractivity contribution in [3.8, 4) is 0 Å². The summed E-state index contributed by atoms with van der Waals surface area (Å²) in [7, 11) is 0. The van der Waals surface area contributed by atoms with Gasteiger partial charge in [0.2, 0.25) is 0 Å². The van der Waals surface area contributed by atoms with Crippen molar-refractivity contribution < 1.29 is 14.3 Å². The molecular weight excluding hydrogens is 310 g/mol. The van der Waals surface area contributed by atoms with Gasteiger partial charge in [0, 0.05) is 10.6 Å². The summed E-state index contributed by atoms with van der Waals surface area (Å²) in [6.07, 6.45) is 1.98. The number of hydrogen-bond acceptors (Lipinski definition) is 4. The predicted octanol–water partition coefficient (Wildman–Crippen LogP) is 4.11. The molecular formula is C18H21NO3S. The summed E-state index contributed by atoms with van der Waals surface area (Å²) in [6, 6.07) is 9.33. The summed E-state index contributed by atoms with van der Waals surface area (Å²) < 4.78 is 5.10. The molecule has 23 heavy (non-hydrogen) atoms. The Morgan fingerprint density at radius 1 is 1.22 bits per heavy atom. The summed E-state index contributed by atoms with van der Waals surface area (Å²) in [5.41, 5.74) is 2.93. The number of carbonyl (C=O) groups excluding carboxylic acids is 2. The van der Waals surface area contributed by atoms with Gasteiger partial charge in [-0.05, 0) is 49.6 Å². The highest BCUT2D eigenvalue weighted by Gasteiger charge is 2.15. The SMILES string of the molecule is CCCc1cc(C(=O)OCC(=O)Nc2cccc(C)c2)sc1C. The Morgan fingerprint density at radius 3 is 2.70 bits per heavy atom. The van der Waals surface area contributed by atoms with Gasteiger partial charge in [0.15, 0.2) is 6.61 Å². The van der Waals surface area contributed by atoms with Gasteiger partial charge in [-0.25, -0.2) is 4.79 Å². The standard InChI is InChI=1S/C18H21NO3S/c1-4-6-14-10-16(23-13(14)3)18(21)22-11-17(20)19-15-8-5-7-12(2)9-15/h5,7-10H,4,6,11H2,1-3H3,(H,19,20). The van der Waals surface area contributed by atoms with E-state index in [1.54, 1.807) is 6.07 Å². The number of anilines is 1. The Morgan fingerprint density at radius 2 is 2.00 bits per heavy atom. The Labute approximate surface area is 140 Å². The molecule has 0 aliphatic carbocycles. The zero-order chi connectivity index (χ0) is 16.8. The van der Waals surface area contributed by atoms with E-state index < -0.39 is 5.97 Å². The molecule has 0 bridgehead atoms. The van der Waals surface area contributed by atoms with Crippen LogP contribution in [0.3, 0.4) is 0 Å². The third kappa shape index (κ3) is 4.93. The number of nitrogens with one attached hydrogen (secondary N) is 1. The fraction of sp³-hybridized carbons (Fsp3) is 0.333. The minimum absolute atomic E-state index is 0.285. The van der Waals surface area contributed by atoms with E-state index in [1.807, 2.05) is 38.1 Å². The van der Waals surface area contributed by atoms with Crippen LogP contribution in [0.4, 0.5) is 5.69 Å². The number of carbonyl (C=O) groups is 2. The van der Waals surface area contributed by atoms with E-state index in [4.69, 9.17) is 4.74 Å². The van der Waals surface area contributed by atoms with E-state index in [0.29, 0.717) is 10.6 Å². The van der Waals surface area contributed by atoms with Crippen molar-refractivity contribution in [3.05, 3.63) is 51.2 Å². The Balaban J connectivity index is 1.88. The first-order valence-electron chi connectivity index (χ1n) is 7.62. The van der Waals surface area contributed by atoms with E-state index in [-0.39, 0.29) is 12.5 Å². The topological polar surface area (TPSA) is 55.4 Å². The first-order chi connectivity index (χ1) is 11.0. The fourth-order valence-electron chi connectivity index (χ4n) is 2.26. The monoisotopic (exact) mass is 331 g/mol. The second kappa shape index (κ2) is 7.92. The highest BCUT2D eigenvalue weighted by atomic mass is 32.1. The van der Waals surface area contributed by atoms with Crippen LogP contribution in [0.1, 0.15) is 39.0 Å². The largest absolute Gasteiger partial charge is 0.451 e. The predicted molar refractivity (Wildman–Crippen MR) is 93.1 cm³/mol. The van der Waals surface area contributed by atoms with Gasteiger partial charge in [0.25, 0.3) is 5.91 Å². The zero-order valence-corrected chi connectivity index (χ0v) is 14.5. The molecule has 0 aliphatic heterocycles. The molecule has 0 spiro atoms. The van der Waals surface area contributed by atoms with Crippen molar-refractivity contribution in [1.29, 1.82) is 0 Å². The van der Waals surface area contributed by atoms with Crippen LogP contribution in [-0.4, -0.2) is 18.5 Å². The lowest BCUT2D eigenvalue weighted by Gasteiger charge is -2.06. The molecule has 0 radical (unpaired) electrons. The van der Waals surface area contributed by atoms with Crippen molar-refractivity contribution >= 4 is 28.9 Å². The lowest BCUT2D eigenvalue weighted by atomic mass is 10.1. The van der Waals surface area contributed by atoms with Gasteiger partial charge < -0.3 is 10.1 Å². The van der Waals surface area contributed by atoms with Gasteiger partial charge >= 0.3 is 5.97 Å². The average Bonchev–Trinajstić information content (AvgIpc) is 2.86. The molecule has 0 fully saturated rings. The van der Waals surface area contributed by atoms with E-state index in [9.17, 15) is 9.59 Å². The smallest absolute Gasteiger partial charge is 0.348 e. The third-order valence-corrected chi connectivity index (χ3v) is 4.45. The average molecular weight is 331 g/mol. The molecule has 2 rings (SSSR count). The highest BCUT2D eigenvalue weighted by molar-refractivity contribution is 7.14. The van der Waals surface area contributed by atoms with E-state index in [0.717, 1.165) is 23.3 Å². The number of hydrogen-bond donors (Lipinski definition) is 1. The van der Waals surface area contributed by atoms with Crippen LogP contribution in [0.25, 0.3) is 0 Å². The summed E-state index contributed by atoms with van der Waals surface area (Å²) in [5, 5.41) is 2.71. The van der Waals surface area contributed by atoms with Crippen LogP contribution < -0.4 is 5.32 Å². The maximum atomic E-state index is 12.0. The van der Waals surface area contributed by atoms with Crippen LogP contribution in [0, 0.1) is 13.8 Å². The molecule has 1 aromatic carbocycles. The number of thiophene rings is 1. The summed E-state index contributed by atoms with van der Waals surface area (Å²) in [5.74, 6) is -0.786. The first kappa shape index (κ1) is 17.2. The number of aryl methyl sites for hydroxylation is 3. The van der Waals surface area contributed by atoms with E-state index in [1.165, 1.54) is 16.9 Å². The maximum absolute atomic E-state index is 12.0. The molecule has 5 heteroatoms. The van der Waals surface area contributed by atoms with Crippen molar-refractivity contribution in [2.75, 3.05) is 11.9 Å². The van der Waals surface area contributed by atoms with Crippen molar-refractivity contribution in [2.45, 2.75) is 33.6 Å². The summed E-state index contributed by atoms with van der Waals surface area (Å²) in [4.78, 5) is 25.6. The number of amides is 1. The van der Waals surface area contributed by atoms with Crippen molar-refractivity contribution in [2.24, 2.45) is 0 Å². The van der Waals surface area contributed by atoms with Crippen LogP contribution in [0.15, 0.2) is 30.3 Å². The lowest BCUT2D eigenvalue weighted by Crippen LogP contribution is -2.20. The van der Waals surface area contributed by atoms with E-state index >= 15 is 0 Å². The number of esters is 1. The second-order valence-corrected chi connectivity index (χ2v) is 6.69. The first-order valence-corrected chi connectivity index (χ1v) is 8.44. The summed E-state index contributed by atoms with van der Waals surface area (Å²) >= 11 is 1.41. The Hall–Kier alpha value is -2.14. The van der Waals surface area contributed by atoms with Gasteiger partial charge in [-0.3, -0.25) is 4.79 Å². The van der Waals surface area contributed by atoms with Gasteiger partial charge in [0.1, 0.15) is 4.88 Å². The Kier molecular flexibility index (Phi) is 5.93. The van der Waals surface area contributed by atoms with Crippen LogP contribution in [0.2, 0.25) is 0 Å². The van der Waals surface area contributed by atoms with Crippen LogP contribution >= 0.6 is 11.3 Å². The maximum Gasteiger partial charge on any atom is 0.348 e. The molecule has 4 nitrogen and oxygen atoms in total. The lowest BCUT2D eigenvalue weighted by molar-refractivity contribution is -0.119. The van der Waals surface area contributed by atoms with Gasteiger partial charge in [0.05, 0.1) is 0 Å². The molecule has 1 aromatic heterocycles. The van der Waals surface area contributed by atoms with Gasteiger partial charge in [-0.2, -0.15) is 0 Å². The molecule has 1 N–H and O–H groups in total. The molecule has 122 valence electrons. The molecule has 0 saturated heterocycles. The number of benzene rings is 1. The quantitative estimate of drug-likeness (QED) is 0.810. The number of ether oxygens (including phenoxy) is 1. The molecule has 0 atom stereocenters. The minimum Gasteiger partial charge on any atom is -0.451 e. The molecule has 2 aromatic rings. The summed E-state index contributed by atoms with van der Waals surface area (Å²) in [6.45, 7) is 5.76. The zero-order valence-electron chi connectivity index (χ0n) is 13.6. The third-order valence-electron chi connectivity index (χ3n) is 3.38. The molecule has 0 unspecified atom stereocenters. The molecule has 0 aliphatic rings. The van der Waals surface area contributed by atoms with Crippen molar-refractivity contribution in [1.82, 2.24) is 0 Å². The fourth-order valence-corrected chi connectivity index (χ4v) is 3.23. The Bertz CT molecular complexity index is 706. The highest BCUT2D eigenvalue weighted by Crippen LogP contribution is 2.23. The molecule has 0 saturated carbocycles. The number of rotatable bonds is 6. The normalized spacial score (nSPS) is 10.4. The molecule has 1 heterocycles. The van der Waals surface area contributed by atoms with Gasteiger partial charge in [-0.15, -0.1) is 11.3 Å². The van der Waals surface area contributed by atoms with E-state index in [2.05, 4.69) is 12.2 Å².